The topological polar surface area (TPSA) is 72.4 Å². The maximum Gasteiger partial charge on any atom is 0.417 e. The van der Waals surface area contributed by atoms with Gasteiger partial charge in [-0.3, -0.25) is 9.20 Å². The Balaban J connectivity index is 1.67. The van der Waals surface area contributed by atoms with Crippen LogP contribution < -0.4 is 11.1 Å². The van der Waals surface area contributed by atoms with E-state index in [1.807, 2.05) is 0 Å². The van der Waals surface area contributed by atoms with Gasteiger partial charge in [0.15, 0.2) is 11.6 Å². The van der Waals surface area contributed by atoms with E-state index in [1.54, 1.807) is 12.1 Å². The smallest absolute Gasteiger partial charge is 0.325 e. The Morgan fingerprint density at radius 2 is 1.64 bits per heavy atom. The van der Waals surface area contributed by atoms with E-state index in [9.17, 15) is 31.1 Å². The molecule has 1 amide bonds. The number of nitrogens with one attached hydrogen (secondary N) is 1. The standard InChI is InChI=1S/C28H18F6N4O/c29-16-7-9-17(10-8-16)36-27(39)20-13-15(6-11-21(20)28(32,33)34)18-4-2-12-38-25(23(14-35)37-26(18)38)19-3-1-5-22(30)24(19)31/h1-13H,14,35H2,(H,36,39). The van der Waals surface area contributed by atoms with Gasteiger partial charge in [-0.05, 0) is 66.2 Å². The van der Waals surface area contributed by atoms with E-state index < -0.39 is 40.7 Å². The Labute approximate surface area is 217 Å². The summed E-state index contributed by atoms with van der Waals surface area (Å²) in [5.41, 5.74) is 5.16. The van der Waals surface area contributed by atoms with Gasteiger partial charge in [-0.15, -0.1) is 0 Å². The summed E-state index contributed by atoms with van der Waals surface area (Å²) in [6.07, 6.45) is -3.31. The van der Waals surface area contributed by atoms with Crippen LogP contribution in [-0.2, 0) is 12.7 Å². The number of imidazole rings is 1. The molecule has 5 rings (SSSR count). The van der Waals surface area contributed by atoms with Crippen LogP contribution in [0, 0.1) is 17.5 Å². The second-order valence-corrected chi connectivity index (χ2v) is 8.55. The molecule has 0 bridgehead atoms. The van der Waals surface area contributed by atoms with E-state index in [4.69, 9.17) is 5.73 Å². The van der Waals surface area contributed by atoms with Crippen molar-refractivity contribution in [2.75, 3.05) is 5.32 Å². The van der Waals surface area contributed by atoms with Crippen molar-refractivity contribution in [1.82, 2.24) is 9.38 Å². The third-order valence-electron chi connectivity index (χ3n) is 6.10. The lowest BCUT2D eigenvalue weighted by atomic mass is 9.98. The molecule has 0 atom stereocenters. The van der Waals surface area contributed by atoms with Gasteiger partial charge in [0.2, 0.25) is 0 Å². The molecule has 0 fully saturated rings. The summed E-state index contributed by atoms with van der Waals surface area (Å²) < 4.78 is 84.9. The molecule has 3 aromatic carbocycles. The molecule has 2 heterocycles. The average Bonchev–Trinajstić information content (AvgIpc) is 3.29. The van der Waals surface area contributed by atoms with Crippen molar-refractivity contribution in [3.8, 4) is 22.4 Å². The molecule has 0 saturated carbocycles. The van der Waals surface area contributed by atoms with Gasteiger partial charge in [-0.1, -0.05) is 12.1 Å². The number of carbonyl (C=O) groups is 1. The number of hydrogen-bond acceptors (Lipinski definition) is 3. The normalized spacial score (nSPS) is 11.7. The minimum atomic E-state index is -4.85. The molecule has 5 aromatic rings. The van der Waals surface area contributed by atoms with Crippen molar-refractivity contribution < 1.29 is 31.1 Å². The van der Waals surface area contributed by atoms with Crippen molar-refractivity contribution in [3.63, 3.8) is 0 Å². The molecule has 5 nitrogen and oxygen atoms in total. The predicted octanol–water partition coefficient (Wildman–Crippen LogP) is 6.82. The lowest BCUT2D eigenvalue weighted by Gasteiger charge is -2.15. The van der Waals surface area contributed by atoms with Crippen LogP contribution in [0.1, 0.15) is 21.6 Å². The van der Waals surface area contributed by atoms with Gasteiger partial charge in [0, 0.05) is 29.6 Å². The van der Waals surface area contributed by atoms with E-state index in [-0.39, 0.29) is 40.4 Å². The fourth-order valence-corrected chi connectivity index (χ4v) is 4.33. The Morgan fingerprint density at radius 1 is 0.923 bits per heavy atom. The number of benzene rings is 3. The van der Waals surface area contributed by atoms with Crippen LogP contribution in [0.5, 0.6) is 0 Å². The SMILES string of the molecule is NCc1nc2c(-c3ccc(C(F)(F)F)c(C(=O)Nc4ccc(F)cc4)c3)cccn2c1-c1cccc(F)c1F. The van der Waals surface area contributed by atoms with Crippen molar-refractivity contribution in [2.45, 2.75) is 12.7 Å². The first kappa shape index (κ1) is 26.0. The summed E-state index contributed by atoms with van der Waals surface area (Å²) in [6.45, 7) is -0.134. The van der Waals surface area contributed by atoms with Gasteiger partial charge < -0.3 is 11.1 Å². The Hall–Kier alpha value is -4.64. The van der Waals surface area contributed by atoms with Crippen LogP contribution in [0.3, 0.4) is 0 Å². The first-order valence-electron chi connectivity index (χ1n) is 11.5. The third kappa shape index (κ3) is 4.84. The second-order valence-electron chi connectivity index (χ2n) is 8.55. The monoisotopic (exact) mass is 540 g/mol. The number of pyridine rings is 1. The van der Waals surface area contributed by atoms with Crippen molar-refractivity contribution in [2.24, 2.45) is 5.73 Å². The highest BCUT2D eigenvalue weighted by molar-refractivity contribution is 6.06. The van der Waals surface area contributed by atoms with Gasteiger partial charge in [0.1, 0.15) is 11.5 Å². The summed E-state index contributed by atoms with van der Waals surface area (Å²) in [5, 5.41) is 2.35. The van der Waals surface area contributed by atoms with Crippen LogP contribution in [0.25, 0.3) is 28.0 Å². The van der Waals surface area contributed by atoms with E-state index >= 15 is 0 Å². The van der Waals surface area contributed by atoms with Crippen LogP contribution >= 0.6 is 0 Å². The molecule has 0 unspecified atom stereocenters. The summed E-state index contributed by atoms with van der Waals surface area (Å²) in [4.78, 5) is 17.4. The summed E-state index contributed by atoms with van der Waals surface area (Å²) in [6, 6.07) is 14.4. The number of nitrogens with two attached hydrogens (primary N) is 1. The minimum Gasteiger partial charge on any atom is -0.325 e. The molecule has 0 saturated heterocycles. The van der Waals surface area contributed by atoms with Gasteiger partial charge in [0.05, 0.1) is 22.5 Å². The molecule has 3 N–H and O–H groups in total. The zero-order chi connectivity index (χ0) is 27.9. The lowest BCUT2D eigenvalue weighted by Crippen LogP contribution is -2.19. The summed E-state index contributed by atoms with van der Waals surface area (Å²) in [5.74, 6) is -3.81. The molecule has 0 aliphatic carbocycles. The number of alkyl halides is 3. The molecule has 0 spiro atoms. The molecule has 2 aromatic heterocycles. The lowest BCUT2D eigenvalue weighted by molar-refractivity contribution is -0.137. The summed E-state index contributed by atoms with van der Waals surface area (Å²) in [7, 11) is 0. The molecule has 0 aliphatic rings. The highest BCUT2D eigenvalue weighted by Crippen LogP contribution is 2.37. The number of carbonyl (C=O) groups excluding carboxylic acids is 1. The van der Waals surface area contributed by atoms with E-state index in [0.717, 1.165) is 30.3 Å². The molecule has 0 aliphatic heterocycles. The number of nitrogens with zero attached hydrogens (tertiary/aromatic N) is 2. The largest absolute Gasteiger partial charge is 0.417 e. The molecular formula is C28H18F6N4O. The molecule has 0 radical (unpaired) electrons. The maximum atomic E-state index is 14.7. The van der Waals surface area contributed by atoms with E-state index in [0.29, 0.717) is 5.56 Å². The van der Waals surface area contributed by atoms with Crippen LogP contribution in [0.2, 0.25) is 0 Å². The van der Waals surface area contributed by atoms with Gasteiger partial charge in [0.25, 0.3) is 5.91 Å². The van der Waals surface area contributed by atoms with E-state index in [2.05, 4.69) is 10.3 Å². The second kappa shape index (κ2) is 9.91. The number of hydrogen-bond donors (Lipinski definition) is 2. The number of rotatable bonds is 5. The Bertz CT molecular complexity index is 1710. The van der Waals surface area contributed by atoms with Gasteiger partial charge in [-0.2, -0.15) is 13.2 Å². The highest BCUT2D eigenvalue weighted by atomic mass is 19.4. The molecular weight excluding hydrogens is 522 g/mol. The molecule has 11 heteroatoms. The molecule has 39 heavy (non-hydrogen) atoms. The predicted molar refractivity (Wildman–Crippen MR) is 133 cm³/mol. The molecule has 198 valence electrons. The first-order chi connectivity index (χ1) is 18.6. The fourth-order valence-electron chi connectivity index (χ4n) is 4.33. The maximum absolute atomic E-state index is 14.7. The Morgan fingerprint density at radius 3 is 2.33 bits per heavy atom. The van der Waals surface area contributed by atoms with Crippen LogP contribution in [0.4, 0.5) is 32.0 Å². The van der Waals surface area contributed by atoms with Crippen LogP contribution in [-0.4, -0.2) is 15.3 Å². The first-order valence-corrected chi connectivity index (χ1v) is 11.5. The number of aromatic nitrogens is 2. The average molecular weight is 540 g/mol. The third-order valence-corrected chi connectivity index (χ3v) is 6.10. The number of anilines is 1. The Kier molecular flexibility index (Phi) is 6.61. The number of fused-ring (bicyclic) bond motifs is 1. The zero-order valence-electron chi connectivity index (χ0n) is 19.9. The van der Waals surface area contributed by atoms with Crippen molar-refractivity contribution >= 4 is 17.2 Å². The number of halogens is 6. The summed E-state index contributed by atoms with van der Waals surface area (Å²) >= 11 is 0. The highest BCUT2D eigenvalue weighted by Gasteiger charge is 2.35. The van der Waals surface area contributed by atoms with E-state index in [1.165, 1.54) is 40.9 Å². The van der Waals surface area contributed by atoms with Gasteiger partial charge >= 0.3 is 6.18 Å². The minimum absolute atomic E-state index is 0.0908. The number of amides is 1. The van der Waals surface area contributed by atoms with Crippen molar-refractivity contribution in [3.05, 3.63) is 113 Å². The van der Waals surface area contributed by atoms with Crippen molar-refractivity contribution in [1.29, 1.82) is 0 Å². The van der Waals surface area contributed by atoms with Crippen LogP contribution in [0.15, 0.2) is 79.0 Å². The zero-order valence-corrected chi connectivity index (χ0v) is 19.9. The van der Waals surface area contributed by atoms with Gasteiger partial charge in [-0.25, -0.2) is 18.2 Å². The fraction of sp³-hybridized carbons (Fsp3) is 0.0714. The quantitative estimate of drug-likeness (QED) is 0.241.